The van der Waals surface area contributed by atoms with E-state index in [2.05, 4.69) is 20.3 Å². The number of hydrogen-bond acceptors (Lipinski definition) is 8. The van der Waals surface area contributed by atoms with Crippen molar-refractivity contribution >= 4 is 38.8 Å². The van der Waals surface area contributed by atoms with Crippen molar-refractivity contribution < 1.29 is 22.3 Å². The van der Waals surface area contributed by atoms with Gasteiger partial charge in [0, 0.05) is 12.6 Å². The van der Waals surface area contributed by atoms with Crippen molar-refractivity contribution in [2.75, 3.05) is 49.7 Å². The zero-order valence-electron chi connectivity index (χ0n) is 23.0. The van der Waals surface area contributed by atoms with Gasteiger partial charge in [-0.2, -0.15) is 0 Å². The number of benzene rings is 2. The first-order chi connectivity index (χ1) is 19.5. The molecule has 1 amide bonds. The molecule has 0 saturated carbocycles. The molecule has 0 aliphatic carbocycles. The maximum absolute atomic E-state index is 14.3. The first kappa shape index (κ1) is 28.3. The Morgan fingerprint density at radius 3 is 2.61 bits per heavy atom. The SMILES string of the molecule is COc1cc(C2CCN(CC(N)=O)CC2)ccc1Nc1ncc2ccc(-c3cc(F)ccc3N(C)S(C)(=O)=O)n2n1. The summed E-state index contributed by atoms with van der Waals surface area (Å²) in [5.41, 5.74) is 8.98. The van der Waals surface area contributed by atoms with Gasteiger partial charge in [-0.3, -0.25) is 14.0 Å². The Labute approximate surface area is 237 Å². The molecule has 1 saturated heterocycles. The number of methoxy groups -OCH3 is 1. The number of hydrogen-bond donors (Lipinski definition) is 2. The summed E-state index contributed by atoms with van der Waals surface area (Å²) in [4.78, 5) is 17.7. The molecule has 1 aliphatic rings. The average Bonchev–Trinajstić information content (AvgIpc) is 3.35. The summed E-state index contributed by atoms with van der Waals surface area (Å²) in [6, 6.07) is 13.4. The number of likely N-dealkylation sites (tertiary alicyclic amines) is 1. The highest BCUT2D eigenvalue weighted by atomic mass is 32.2. The third-order valence-corrected chi connectivity index (χ3v) is 8.57. The molecule has 5 rings (SSSR count). The quantitative estimate of drug-likeness (QED) is 0.307. The highest BCUT2D eigenvalue weighted by molar-refractivity contribution is 7.92. The van der Waals surface area contributed by atoms with Crippen LogP contribution in [0.4, 0.5) is 21.7 Å². The Morgan fingerprint density at radius 2 is 1.93 bits per heavy atom. The number of aromatic nitrogens is 3. The van der Waals surface area contributed by atoms with Crippen LogP contribution in [-0.4, -0.2) is 73.9 Å². The summed E-state index contributed by atoms with van der Waals surface area (Å²) in [5.74, 6) is 0.417. The van der Waals surface area contributed by atoms with Gasteiger partial charge in [0.1, 0.15) is 11.6 Å². The summed E-state index contributed by atoms with van der Waals surface area (Å²) >= 11 is 0. The van der Waals surface area contributed by atoms with Gasteiger partial charge >= 0.3 is 0 Å². The highest BCUT2D eigenvalue weighted by Gasteiger charge is 2.23. The Bertz CT molecular complexity index is 1700. The van der Waals surface area contributed by atoms with Gasteiger partial charge in [-0.15, -0.1) is 5.10 Å². The van der Waals surface area contributed by atoms with Crippen LogP contribution in [0.25, 0.3) is 16.8 Å². The summed E-state index contributed by atoms with van der Waals surface area (Å²) in [5, 5.41) is 7.83. The number of amides is 1. The summed E-state index contributed by atoms with van der Waals surface area (Å²) < 4.78 is 47.2. The van der Waals surface area contributed by atoms with Crippen molar-refractivity contribution in [3.63, 3.8) is 0 Å². The third-order valence-electron chi connectivity index (χ3n) is 7.38. The normalized spacial score (nSPS) is 14.7. The van der Waals surface area contributed by atoms with Gasteiger partial charge in [-0.25, -0.2) is 22.3 Å². The fourth-order valence-electron chi connectivity index (χ4n) is 5.16. The van der Waals surface area contributed by atoms with Crippen LogP contribution in [-0.2, 0) is 14.8 Å². The lowest BCUT2D eigenvalue weighted by Gasteiger charge is -2.31. The standard InChI is InChI=1S/C28H32FN7O4S/c1-34(41(3,38)39)24-8-5-20(29)15-22(24)25-9-6-21-16-31-28(33-36(21)25)32-23-7-4-19(14-26(23)40-2)18-10-12-35(13-11-18)17-27(30)37/h4-9,14-16,18H,10-13,17H2,1-3H3,(H2,30,37)(H,32,33). The number of primary amides is 1. The van der Waals surface area contributed by atoms with Crippen molar-refractivity contribution in [3.8, 4) is 17.0 Å². The second-order valence-electron chi connectivity index (χ2n) is 10.1. The van der Waals surface area contributed by atoms with Gasteiger partial charge in [0.2, 0.25) is 21.9 Å². The number of carbonyl (C=O) groups excluding carboxylic acids is 1. The van der Waals surface area contributed by atoms with E-state index in [0.717, 1.165) is 42.1 Å². The predicted molar refractivity (Wildman–Crippen MR) is 156 cm³/mol. The molecule has 0 unspecified atom stereocenters. The molecule has 216 valence electrons. The Morgan fingerprint density at radius 1 is 1.17 bits per heavy atom. The summed E-state index contributed by atoms with van der Waals surface area (Å²) in [6.07, 6.45) is 4.54. The van der Waals surface area contributed by atoms with Crippen molar-refractivity contribution in [1.82, 2.24) is 19.5 Å². The molecular weight excluding hydrogens is 549 g/mol. The lowest BCUT2D eigenvalue weighted by Crippen LogP contribution is -2.39. The molecule has 0 radical (unpaired) electrons. The van der Waals surface area contributed by atoms with Gasteiger partial charge in [-0.1, -0.05) is 6.07 Å². The minimum Gasteiger partial charge on any atom is -0.495 e. The highest BCUT2D eigenvalue weighted by Crippen LogP contribution is 2.36. The van der Waals surface area contributed by atoms with E-state index in [0.29, 0.717) is 39.8 Å². The van der Waals surface area contributed by atoms with Crippen LogP contribution in [0.5, 0.6) is 5.75 Å². The lowest BCUT2D eigenvalue weighted by atomic mass is 9.89. The molecule has 4 aromatic rings. The monoisotopic (exact) mass is 581 g/mol. The van der Waals surface area contributed by atoms with Crippen LogP contribution in [0.15, 0.2) is 54.7 Å². The minimum absolute atomic E-state index is 0.273. The number of nitrogens with zero attached hydrogens (tertiary/aromatic N) is 5. The topological polar surface area (TPSA) is 135 Å². The fraction of sp³-hybridized carbons (Fsp3) is 0.321. The van der Waals surface area contributed by atoms with Gasteiger partial charge in [0.25, 0.3) is 0 Å². The van der Waals surface area contributed by atoms with Crippen molar-refractivity contribution in [1.29, 1.82) is 0 Å². The van der Waals surface area contributed by atoms with E-state index in [9.17, 15) is 17.6 Å². The molecule has 0 bridgehead atoms. The van der Waals surface area contributed by atoms with E-state index >= 15 is 0 Å². The maximum Gasteiger partial charge on any atom is 0.245 e. The molecule has 3 heterocycles. The first-order valence-corrected chi connectivity index (χ1v) is 14.9. The minimum atomic E-state index is -3.59. The smallest absolute Gasteiger partial charge is 0.245 e. The van der Waals surface area contributed by atoms with Gasteiger partial charge in [-0.05, 0) is 79.9 Å². The van der Waals surface area contributed by atoms with E-state index < -0.39 is 15.8 Å². The number of nitrogens with one attached hydrogen (secondary N) is 1. The van der Waals surface area contributed by atoms with Crippen LogP contribution in [0, 0.1) is 5.82 Å². The molecular formula is C28H32FN7O4S. The number of fused-ring (bicyclic) bond motifs is 1. The molecule has 2 aromatic heterocycles. The van der Waals surface area contributed by atoms with E-state index in [4.69, 9.17) is 10.5 Å². The number of halogens is 1. The van der Waals surface area contributed by atoms with Gasteiger partial charge in [0.15, 0.2) is 0 Å². The zero-order valence-corrected chi connectivity index (χ0v) is 23.9. The van der Waals surface area contributed by atoms with Crippen LogP contribution >= 0.6 is 0 Å². The summed E-state index contributed by atoms with van der Waals surface area (Å²) in [7, 11) is -0.574. The summed E-state index contributed by atoms with van der Waals surface area (Å²) in [6.45, 7) is 1.88. The molecule has 11 nitrogen and oxygen atoms in total. The second-order valence-corrected chi connectivity index (χ2v) is 12.1. The van der Waals surface area contributed by atoms with Crippen molar-refractivity contribution in [2.24, 2.45) is 5.73 Å². The van der Waals surface area contributed by atoms with Crippen LogP contribution in [0.2, 0.25) is 0 Å². The second kappa shape index (κ2) is 11.3. The lowest BCUT2D eigenvalue weighted by molar-refractivity contribution is -0.119. The van der Waals surface area contributed by atoms with Crippen LogP contribution in [0.1, 0.15) is 24.3 Å². The van der Waals surface area contributed by atoms with E-state index in [1.807, 2.05) is 18.2 Å². The Balaban J connectivity index is 1.42. The number of nitrogens with two attached hydrogens (primary N) is 1. The van der Waals surface area contributed by atoms with E-state index in [1.165, 1.54) is 25.2 Å². The van der Waals surface area contributed by atoms with Crippen molar-refractivity contribution in [3.05, 3.63) is 66.1 Å². The fourth-order valence-corrected chi connectivity index (χ4v) is 5.68. The number of carbonyl (C=O) groups is 1. The number of anilines is 3. The number of ether oxygens (including phenoxy) is 1. The van der Waals surface area contributed by atoms with E-state index in [-0.39, 0.29) is 18.4 Å². The maximum atomic E-state index is 14.3. The largest absolute Gasteiger partial charge is 0.495 e. The molecule has 13 heteroatoms. The molecule has 2 aromatic carbocycles. The van der Waals surface area contributed by atoms with Crippen LogP contribution in [0.3, 0.4) is 0 Å². The van der Waals surface area contributed by atoms with Crippen molar-refractivity contribution in [2.45, 2.75) is 18.8 Å². The zero-order chi connectivity index (χ0) is 29.3. The van der Waals surface area contributed by atoms with Gasteiger partial charge < -0.3 is 15.8 Å². The predicted octanol–water partition coefficient (Wildman–Crippen LogP) is 3.35. The third kappa shape index (κ3) is 6.10. The number of rotatable bonds is 9. The number of sulfonamides is 1. The Hall–Kier alpha value is -4.23. The van der Waals surface area contributed by atoms with Gasteiger partial charge in [0.05, 0.1) is 48.7 Å². The molecule has 41 heavy (non-hydrogen) atoms. The molecule has 3 N–H and O–H groups in total. The number of piperidine rings is 1. The molecule has 0 spiro atoms. The van der Waals surface area contributed by atoms with E-state index in [1.54, 1.807) is 30.0 Å². The Kier molecular flexibility index (Phi) is 7.82. The first-order valence-electron chi connectivity index (χ1n) is 13.1. The molecule has 1 aliphatic heterocycles. The average molecular weight is 582 g/mol. The molecule has 0 atom stereocenters. The molecule has 1 fully saturated rings. The van der Waals surface area contributed by atoms with Crippen LogP contribution < -0.4 is 20.1 Å².